The third-order valence-corrected chi connectivity index (χ3v) is 5.85. The summed E-state index contributed by atoms with van der Waals surface area (Å²) >= 11 is 0. The minimum Gasteiger partial charge on any atom is -0.504 e. The van der Waals surface area contributed by atoms with Crippen LogP contribution in [0.3, 0.4) is 0 Å². The number of aromatic hydroxyl groups is 1. The quantitative estimate of drug-likeness (QED) is 0.688. The van der Waals surface area contributed by atoms with E-state index in [2.05, 4.69) is 22.2 Å². The van der Waals surface area contributed by atoms with Crippen LogP contribution >= 0.6 is 0 Å². The summed E-state index contributed by atoms with van der Waals surface area (Å²) in [6, 6.07) is 6.61. The molecule has 31 heavy (non-hydrogen) atoms. The Morgan fingerprint density at radius 3 is 2.90 bits per heavy atom. The highest BCUT2D eigenvalue weighted by atomic mass is 16.5. The van der Waals surface area contributed by atoms with E-state index in [4.69, 9.17) is 4.74 Å². The summed E-state index contributed by atoms with van der Waals surface area (Å²) in [5.41, 5.74) is 0.359. The van der Waals surface area contributed by atoms with E-state index in [1.165, 1.54) is 6.07 Å². The van der Waals surface area contributed by atoms with Gasteiger partial charge in [-0.2, -0.15) is 10.2 Å². The monoisotopic (exact) mass is 423 g/mol. The zero-order chi connectivity index (χ0) is 22.1. The summed E-state index contributed by atoms with van der Waals surface area (Å²) in [5.74, 6) is -1.21. The molecule has 1 fully saturated rings. The number of rotatable bonds is 4. The van der Waals surface area contributed by atoms with Crippen molar-refractivity contribution in [2.45, 2.75) is 32.6 Å². The fourth-order valence-electron chi connectivity index (χ4n) is 4.39. The van der Waals surface area contributed by atoms with Crippen molar-refractivity contribution in [2.75, 3.05) is 29.9 Å². The maximum atomic E-state index is 13.2. The van der Waals surface area contributed by atoms with E-state index in [1.54, 1.807) is 19.1 Å². The second kappa shape index (κ2) is 8.30. The van der Waals surface area contributed by atoms with Gasteiger partial charge in [-0.25, -0.2) is 0 Å². The molecule has 162 valence electrons. The van der Waals surface area contributed by atoms with Gasteiger partial charge in [0.15, 0.2) is 11.5 Å². The smallest absolute Gasteiger partial charge is 0.258 e. The zero-order valence-corrected chi connectivity index (χ0v) is 17.5. The molecule has 1 amide bonds. The van der Waals surface area contributed by atoms with Crippen LogP contribution in [0.5, 0.6) is 11.5 Å². The predicted octanol–water partition coefficient (Wildman–Crippen LogP) is 2.33. The molecule has 2 aliphatic heterocycles. The fourth-order valence-corrected chi connectivity index (χ4v) is 4.39. The van der Waals surface area contributed by atoms with Crippen molar-refractivity contribution < 1.29 is 14.6 Å². The Balaban J connectivity index is 1.82. The molecule has 2 aromatic rings. The molecule has 1 saturated heterocycles. The van der Waals surface area contributed by atoms with Crippen molar-refractivity contribution in [2.24, 2.45) is 11.8 Å². The third kappa shape index (κ3) is 3.81. The van der Waals surface area contributed by atoms with E-state index < -0.39 is 23.3 Å². The number of fused-ring (bicyclic) bond motifs is 1. The van der Waals surface area contributed by atoms with E-state index in [-0.39, 0.29) is 22.9 Å². The summed E-state index contributed by atoms with van der Waals surface area (Å²) in [7, 11) is 0. The van der Waals surface area contributed by atoms with E-state index in [0.29, 0.717) is 24.0 Å². The maximum absolute atomic E-state index is 13.2. The van der Waals surface area contributed by atoms with Gasteiger partial charge < -0.3 is 20.1 Å². The molecule has 0 saturated carbocycles. The molecule has 0 bridgehead atoms. The van der Waals surface area contributed by atoms with Crippen molar-refractivity contribution >= 4 is 17.7 Å². The van der Waals surface area contributed by atoms with Gasteiger partial charge in [0.25, 0.3) is 5.56 Å². The molecule has 3 heterocycles. The number of carbonyl (C=O) groups excluding carboxylic acids is 1. The number of amides is 1. The molecule has 3 N–H and O–H groups in total. The van der Waals surface area contributed by atoms with Gasteiger partial charge in [0.05, 0.1) is 18.2 Å². The number of nitrogens with zero attached hydrogens (tertiary/aromatic N) is 3. The van der Waals surface area contributed by atoms with Crippen LogP contribution in [0.25, 0.3) is 0 Å². The van der Waals surface area contributed by atoms with Gasteiger partial charge in [-0.3, -0.25) is 14.6 Å². The SMILES string of the molecule is CCOc1cc(C2c3c(nc(N4CCCC(C)C4)[nH]c3=O)NC(=O)C2C#N)ccc1O. The molecule has 0 radical (unpaired) electrons. The molecule has 0 spiro atoms. The van der Waals surface area contributed by atoms with Gasteiger partial charge in [0.2, 0.25) is 11.9 Å². The molecule has 9 nitrogen and oxygen atoms in total. The van der Waals surface area contributed by atoms with Gasteiger partial charge in [0, 0.05) is 19.0 Å². The first kappa shape index (κ1) is 20.7. The van der Waals surface area contributed by atoms with Gasteiger partial charge in [-0.15, -0.1) is 0 Å². The van der Waals surface area contributed by atoms with Gasteiger partial charge in [-0.05, 0) is 43.4 Å². The molecule has 3 unspecified atom stereocenters. The first-order chi connectivity index (χ1) is 14.9. The number of ether oxygens (including phenoxy) is 1. The highest BCUT2D eigenvalue weighted by Crippen LogP contribution is 2.41. The Hall–Kier alpha value is -3.54. The molecular weight excluding hydrogens is 398 g/mol. The van der Waals surface area contributed by atoms with Crippen LogP contribution in [0.1, 0.15) is 43.7 Å². The zero-order valence-electron chi connectivity index (χ0n) is 17.5. The third-order valence-electron chi connectivity index (χ3n) is 5.85. The van der Waals surface area contributed by atoms with Crippen molar-refractivity contribution in [1.29, 1.82) is 5.26 Å². The number of aromatic amines is 1. The fraction of sp³-hybridized carbons (Fsp3) is 0.455. The lowest BCUT2D eigenvalue weighted by atomic mass is 9.79. The van der Waals surface area contributed by atoms with Crippen LogP contribution in [0.15, 0.2) is 23.0 Å². The van der Waals surface area contributed by atoms with Crippen molar-refractivity contribution in [3.63, 3.8) is 0 Å². The first-order valence-corrected chi connectivity index (χ1v) is 10.5. The van der Waals surface area contributed by atoms with E-state index >= 15 is 0 Å². The number of phenols is 1. The lowest BCUT2D eigenvalue weighted by Crippen LogP contribution is -2.41. The van der Waals surface area contributed by atoms with E-state index in [0.717, 1.165) is 25.9 Å². The number of nitrogens with one attached hydrogen (secondary N) is 2. The van der Waals surface area contributed by atoms with E-state index in [1.807, 2.05) is 11.0 Å². The standard InChI is InChI=1S/C22H25N5O4/c1-3-31-16-9-13(6-7-15(16)28)17-14(10-23)20(29)24-19-18(17)21(30)26-22(25-19)27-8-4-5-12(2)11-27/h6-7,9,12,14,17,28H,3-5,8,11H2,1-2H3,(H2,24,25,26,29,30). The molecule has 0 aliphatic carbocycles. The summed E-state index contributed by atoms with van der Waals surface area (Å²) in [6.45, 7) is 5.82. The van der Waals surface area contributed by atoms with Crippen molar-refractivity contribution in [1.82, 2.24) is 9.97 Å². The number of phenolic OH excluding ortho intramolecular Hbond substituents is 1. The lowest BCUT2D eigenvalue weighted by Gasteiger charge is -2.33. The second-order valence-corrected chi connectivity index (χ2v) is 8.08. The topological polar surface area (TPSA) is 131 Å². The molecule has 3 atom stereocenters. The molecular formula is C22H25N5O4. The van der Waals surface area contributed by atoms with Crippen LogP contribution in [-0.4, -0.2) is 40.7 Å². The van der Waals surface area contributed by atoms with Gasteiger partial charge in [-0.1, -0.05) is 13.0 Å². The molecule has 9 heteroatoms. The normalized spacial score (nSPS) is 22.9. The number of hydrogen-bond donors (Lipinski definition) is 3. The van der Waals surface area contributed by atoms with Crippen LogP contribution < -0.4 is 20.5 Å². The van der Waals surface area contributed by atoms with Crippen LogP contribution in [0.2, 0.25) is 0 Å². The largest absolute Gasteiger partial charge is 0.504 e. The van der Waals surface area contributed by atoms with Gasteiger partial charge in [0.1, 0.15) is 11.7 Å². The van der Waals surface area contributed by atoms with Crippen molar-refractivity contribution in [3.8, 4) is 17.6 Å². The Kier molecular flexibility index (Phi) is 5.55. The predicted molar refractivity (Wildman–Crippen MR) is 114 cm³/mol. The highest BCUT2D eigenvalue weighted by Gasteiger charge is 2.40. The Morgan fingerprint density at radius 1 is 1.39 bits per heavy atom. The first-order valence-electron chi connectivity index (χ1n) is 10.5. The Bertz CT molecular complexity index is 1110. The second-order valence-electron chi connectivity index (χ2n) is 8.08. The number of hydrogen-bond acceptors (Lipinski definition) is 7. The number of aromatic nitrogens is 2. The average molecular weight is 423 g/mol. The maximum Gasteiger partial charge on any atom is 0.258 e. The summed E-state index contributed by atoms with van der Waals surface area (Å²) in [4.78, 5) is 35.3. The van der Waals surface area contributed by atoms with E-state index in [9.17, 15) is 20.0 Å². The number of benzene rings is 1. The number of nitriles is 1. The van der Waals surface area contributed by atoms with Crippen molar-refractivity contribution in [3.05, 3.63) is 39.7 Å². The summed E-state index contributed by atoms with van der Waals surface area (Å²) < 4.78 is 5.45. The van der Waals surface area contributed by atoms with Crippen LogP contribution in [0.4, 0.5) is 11.8 Å². The molecule has 2 aliphatic rings. The highest BCUT2D eigenvalue weighted by molar-refractivity contribution is 5.98. The molecule has 1 aromatic carbocycles. The summed E-state index contributed by atoms with van der Waals surface area (Å²) in [5, 5.41) is 22.4. The number of anilines is 2. The number of H-pyrrole nitrogens is 1. The average Bonchev–Trinajstić information content (AvgIpc) is 2.74. The summed E-state index contributed by atoms with van der Waals surface area (Å²) in [6.07, 6.45) is 2.12. The lowest BCUT2D eigenvalue weighted by molar-refractivity contribution is -0.119. The Labute approximate surface area is 179 Å². The molecule has 4 rings (SSSR count). The molecule has 1 aromatic heterocycles. The Morgan fingerprint density at radius 2 is 2.19 bits per heavy atom. The number of carbonyl (C=O) groups is 1. The van der Waals surface area contributed by atoms with Crippen LogP contribution in [0, 0.1) is 23.2 Å². The van der Waals surface area contributed by atoms with Gasteiger partial charge >= 0.3 is 0 Å². The van der Waals surface area contributed by atoms with Crippen LogP contribution in [-0.2, 0) is 4.79 Å². The minimum atomic E-state index is -1.12. The minimum absolute atomic E-state index is 0.0545. The number of piperidine rings is 1.